The zero-order chi connectivity index (χ0) is 23.2. The molecule has 3 aromatic carbocycles. The van der Waals surface area contributed by atoms with Gasteiger partial charge in [0, 0.05) is 0 Å². The molecule has 4 N–H and O–H groups in total. The van der Waals surface area contributed by atoms with Crippen LogP contribution in [0.2, 0.25) is 0 Å². The van der Waals surface area contributed by atoms with Gasteiger partial charge in [0.2, 0.25) is 0 Å². The summed E-state index contributed by atoms with van der Waals surface area (Å²) in [5, 5.41) is 7.19. The van der Waals surface area contributed by atoms with Gasteiger partial charge < -0.3 is 0 Å². The second kappa shape index (κ2) is 10.1. The average Bonchev–Trinajstić information content (AvgIpc) is 2.81. The Balaban J connectivity index is 1.37. The third kappa shape index (κ3) is 5.66. The molecular weight excluding hydrogens is 416 g/mol. The van der Waals surface area contributed by atoms with Crippen LogP contribution in [0.1, 0.15) is 18.4 Å². The summed E-state index contributed by atoms with van der Waals surface area (Å²) >= 11 is 0. The van der Waals surface area contributed by atoms with Crippen LogP contribution in [0, 0.1) is 12.7 Å². The van der Waals surface area contributed by atoms with Crippen molar-refractivity contribution in [2.24, 2.45) is 0 Å². The van der Waals surface area contributed by atoms with Crippen LogP contribution >= 0.6 is 0 Å². The summed E-state index contributed by atoms with van der Waals surface area (Å²) in [6.07, 6.45) is 2.86. The Kier molecular flexibility index (Phi) is 6.83. The number of nitrogens with one attached hydrogen (secondary N) is 2. The van der Waals surface area contributed by atoms with Crippen LogP contribution in [0.4, 0.5) is 27.3 Å². The first-order valence-electron chi connectivity index (χ1n) is 10.6. The van der Waals surface area contributed by atoms with Crippen molar-refractivity contribution in [1.82, 2.24) is 9.97 Å². The maximum absolute atomic E-state index is 13.6. The normalized spacial score (nSPS) is 10.7. The minimum absolute atomic E-state index is 0.246. The van der Waals surface area contributed by atoms with Gasteiger partial charge in [0.05, 0.1) is 0 Å². The van der Waals surface area contributed by atoms with Crippen molar-refractivity contribution in [3.8, 4) is 5.75 Å². The van der Waals surface area contributed by atoms with Crippen molar-refractivity contribution in [2.45, 2.75) is 19.8 Å². The van der Waals surface area contributed by atoms with Gasteiger partial charge >= 0.3 is 164 Å². The number of nitrogen functional groups attached to an aromatic ring is 1. The topological polar surface area (TPSA) is 85.1 Å². The van der Waals surface area contributed by atoms with E-state index < -0.39 is 0 Å². The number of halogens is 1. The molecule has 1 heterocycles. The minimum atomic E-state index is -0.246. The number of rotatable bonds is 9. The SMILES string of the molecule is [B]=C(CCCOc1ccc2ncnc(Nc3ccc(F)c(C)c3)c2c1)Nc1ccccc1N. The molecule has 165 valence electrons. The van der Waals surface area contributed by atoms with E-state index in [9.17, 15) is 4.39 Å². The fourth-order valence-electron chi connectivity index (χ4n) is 3.38. The van der Waals surface area contributed by atoms with Crippen molar-refractivity contribution < 1.29 is 9.13 Å². The number of nitrogens with two attached hydrogens (primary N) is 1. The molecule has 0 fully saturated rings. The van der Waals surface area contributed by atoms with E-state index in [-0.39, 0.29) is 5.82 Å². The van der Waals surface area contributed by atoms with Crippen molar-refractivity contribution in [3.05, 3.63) is 78.4 Å². The van der Waals surface area contributed by atoms with E-state index in [0.717, 1.165) is 28.7 Å². The third-order valence-corrected chi connectivity index (χ3v) is 5.14. The molecule has 4 aromatic rings. The van der Waals surface area contributed by atoms with E-state index in [1.807, 2.05) is 42.5 Å². The predicted octanol–water partition coefficient (Wildman–Crippen LogP) is 4.97. The number of nitrogens with zero attached hydrogens (tertiary/aromatic N) is 2. The number of anilines is 4. The first-order chi connectivity index (χ1) is 16.0. The van der Waals surface area contributed by atoms with E-state index in [2.05, 4.69) is 20.6 Å². The summed E-state index contributed by atoms with van der Waals surface area (Å²) in [6, 6.07) is 18.0. The Labute approximate surface area is 193 Å². The van der Waals surface area contributed by atoms with E-state index in [4.69, 9.17) is 18.0 Å². The molecule has 0 aliphatic rings. The van der Waals surface area contributed by atoms with Crippen LogP contribution in [0.25, 0.3) is 10.9 Å². The molecule has 33 heavy (non-hydrogen) atoms. The Morgan fingerprint density at radius 3 is 2.76 bits per heavy atom. The van der Waals surface area contributed by atoms with Gasteiger partial charge in [0.1, 0.15) is 5.82 Å². The third-order valence-electron chi connectivity index (χ3n) is 5.14. The van der Waals surface area contributed by atoms with Gasteiger partial charge in [0.25, 0.3) is 0 Å². The van der Waals surface area contributed by atoms with Gasteiger partial charge in [-0.2, -0.15) is 0 Å². The second-order valence-corrected chi connectivity index (χ2v) is 7.68. The van der Waals surface area contributed by atoms with Crippen LogP contribution in [-0.4, -0.2) is 29.6 Å². The molecule has 6 nitrogen and oxygen atoms in total. The summed E-state index contributed by atoms with van der Waals surface area (Å²) in [4.78, 5) is 8.67. The Morgan fingerprint density at radius 1 is 1.09 bits per heavy atom. The van der Waals surface area contributed by atoms with Crippen LogP contribution < -0.4 is 21.1 Å². The number of ether oxygens (including phenoxy) is 1. The molecule has 0 saturated carbocycles. The molecule has 4 rings (SSSR count). The van der Waals surface area contributed by atoms with Crippen LogP contribution in [0.3, 0.4) is 0 Å². The second-order valence-electron chi connectivity index (χ2n) is 7.68. The van der Waals surface area contributed by atoms with Gasteiger partial charge in [-0.15, -0.1) is 0 Å². The molecule has 0 unspecified atom stereocenters. The molecule has 0 amide bonds. The van der Waals surface area contributed by atoms with E-state index in [1.54, 1.807) is 19.1 Å². The zero-order valence-electron chi connectivity index (χ0n) is 18.3. The number of aromatic nitrogens is 2. The predicted molar refractivity (Wildman–Crippen MR) is 134 cm³/mol. The molecular formula is C25H24BFN5O. The van der Waals surface area contributed by atoms with Crippen LogP contribution in [-0.2, 0) is 0 Å². The quantitative estimate of drug-likeness (QED) is 0.194. The fourth-order valence-corrected chi connectivity index (χ4v) is 3.38. The number of fused-ring (bicyclic) bond motifs is 1. The Hall–Kier alpha value is -3.94. The van der Waals surface area contributed by atoms with Gasteiger partial charge in [-0.25, -0.2) is 4.39 Å². The first-order valence-corrected chi connectivity index (χ1v) is 10.6. The molecule has 0 bridgehead atoms. The van der Waals surface area contributed by atoms with Crippen molar-refractivity contribution >= 4 is 46.9 Å². The van der Waals surface area contributed by atoms with E-state index in [0.29, 0.717) is 41.4 Å². The van der Waals surface area contributed by atoms with Gasteiger partial charge in [0.15, 0.2) is 0 Å². The molecule has 8 heteroatoms. The summed E-state index contributed by atoms with van der Waals surface area (Å²) in [6.45, 7) is 2.21. The molecule has 0 aliphatic carbocycles. The Morgan fingerprint density at radius 2 is 1.94 bits per heavy atom. The zero-order valence-corrected chi connectivity index (χ0v) is 18.3. The summed E-state index contributed by atoms with van der Waals surface area (Å²) < 4.78 is 19.5. The van der Waals surface area contributed by atoms with E-state index >= 15 is 0 Å². The summed E-state index contributed by atoms with van der Waals surface area (Å²) in [5.41, 5.74) is 10.1. The van der Waals surface area contributed by atoms with E-state index in [1.165, 1.54) is 12.4 Å². The standard InChI is InChI=1S/C25H24BFN5O/c1-16-13-17(8-10-20(16)27)31-25-19-14-18(9-11-22(19)29-15-30-25)33-12-4-7-24(26)32-23-6-3-2-5-21(23)28/h2-3,5-6,8-11,13-15,32H,4,7,12,28H2,1H3,(H,29,30,31). The van der Waals surface area contributed by atoms with Crippen LogP contribution in [0.5, 0.6) is 5.75 Å². The number of hydrogen-bond acceptors (Lipinski definition) is 6. The molecule has 0 aliphatic heterocycles. The molecule has 0 saturated heterocycles. The van der Waals surface area contributed by atoms with Gasteiger partial charge in [-0.3, -0.25) is 0 Å². The first kappa shape index (κ1) is 22.3. The van der Waals surface area contributed by atoms with Crippen molar-refractivity contribution in [2.75, 3.05) is 23.0 Å². The monoisotopic (exact) mass is 440 g/mol. The fraction of sp³-hybridized carbons (Fsp3) is 0.160. The van der Waals surface area contributed by atoms with Gasteiger partial charge in [-0.1, -0.05) is 0 Å². The maximum atomic E-state index is 13.6. The molecule has 1 aromatic heterocycles. The number of benzene rings is 3. The number of aryl methyl sites for hydroxylation is 1. The Bertz CT molecular complexity index is 1300. The van der Waals surface area contributed by atoms with Crippen LogP contribution in [0.15, 0.2) is 67.0 Å². The summed E-state index contributed by atoms with van der Waals surface area (Å²) in [7, 11) is 6.09. The van der Waals surface area contributed by atoms with Crippen molar-refractivity contribution in [3.63, 3.8) is 0 Å². The average molecular weight is 440 g/mol. The van der Waals surface area contributed by atoms with Crippen molar-refractivity contribution in [1.29, 1.82) is 0 Å². The summed E-state index contributed by atoms with van der Waals surface area (Å²) in [5.74, 6) is 1.08. The molecule has 0 atom stereocenters. The molecule has 1 radical (unpaired) electrons. The molecule has 0 spiro atoms. The number of hydrogen-bond donors (Lipinski definition) is 3. The number of para-hydroxylation sites is 2. The van der Waals surface area contributed by atoms with Gasteiger partial charge in [-0.05, 0) is 18.6 Å².